The average Bonchev–Trinajstić information content (AvgIpc) is 2.27. The van der Waals surface area contributed by atoms with Gasteiger partial charge in [0.25, 0.3) is 5.91 Å². The van der Waals surface area contributed by atoms with Crippen molar-refractivity contribution in [1.29, 1.82) is 0 Å². The molecule has 17 heavy (non-hydrogen) atoms. The van der Waals surface area contributed by atoms with E-state index in [0.29, 0.717) is 13.2 Å². The van der Waals surface area contributed by atoms with Crippen molar-refractivity contribution in [3.63, 3.8) is 0 Å². The Balaban J connectivity index is 2.59. The molecular weight excluding hydrogens is 214 g/mol. The summed E-state index contributed by atoms with van der Waals surface area (Å²) in [6.07, 6.45) is 0. The molecule has 0 spiro atoms. The molecule has 0 fully saturated rings. The average molecular weight is 235 g/mol. The summed E-state index contributed by atoms with van der Waals surface area (Å²) in [7, 11) is 1.67. The predicted molar refractivity (Wildman–Crippen MR) is 69.2 cm³/mol. The Morgan fingerprint density at radius 2 is 2.00 bits per heavy atom. The molecule has 0 heterocycles. The highest BCUT2D eigenvalue weighted by Gasteiger charge is 2.19. The standard InChI is InChI=1S/C14H21NO2/c1-11-7-5-6-8-12(11)13(16)15-9-14(2,3)10-17-4/h5-8H,9-10H2,1-4H3,(H,15,16). The highest BCUT2D eigenvalue weighted by atomic mass is 16.5. The summed E-state index contributed by atoms with van der Waals surface area (Å²) in [5, 5.41) is 2.95. The van der Waals surface area contributed by atoms with Crippen LogP contribution in [-0.4, -0.2) is 26.2 Å². The maximum absolute atomic E-state index is 12.0. The zero-order valence-corrected chi connectivity index (χ0v) is 11.0. The van der Waals surface area contributed by atoms with Gasteiger partial charge in [0, 0.05) is 24.6 Å². The maximum Gasteiger partial charge on any atom is 0.251 e. The molecule has 0 aliphatic carbocycles. The number of amides is 1. The second-order valence-electron chi connectivity index (χ2n) is 5.09. The molecule has 1 aromatic carbocycles. The Labute approximate surface area is 103 Å². The quantitative estimate of drug-likeness (QED) is 0.851. The Hall–Kier alpha value is -1.35. The van der Waals surface area contributed by atoms with Gasteiger partial charge in [0.05, 0.1) is 6.61 Å². The van der Waals surface area contributed by atoms with Crippen molar-refractivity contribution in [3.05, 3.63) is 35.4 Å². The van der Waals surface area contributed by atoms with Crippen LogP contribution in [0.25, 0.3) is 0 Å². The Morgan fingerprint density at radius 3 is 2.59 bits per heavy atom. The topological polar surface area (TPSA) is 38.3 Å². The molecule has 0 atom stereocenters. The molecule has 3 heteroatoms. The minimum Gasteiger partial charge on any atom is -0.384 e. The Morgan fingerprint density at radius 1 is 1.35 bits per heavy atom. The number of carbonyl (C=O) groups excluding carboxylic acids is 1. The minimum absolute atomic E-state index is 0.0210. The largest absolute Gasteiger partial charge is 0.384 e. The molecule has 0 aliphatic heterocycles. The Bertz CT molecular complexity index is 386. The molecule has 1 N–H and O–H groups in total. The van der Waals surface area contributed by atoms with Crippen LogP contribution < -0.4 is 5.32 Å². The van der Waals surface area contributed by atoms with Crippen LogP contribution in [-0.2, 0) is 4.74 Å². The van der Waals surface area contributed by atoms with Crippen molar-refractivity contribution in [2.24, 2.45) is 5.41 Å². The second kappa shape index (κ2) is 5.82. The fraction of sp³-hybridized carbons (Fsp3) is 0.500. The van der Waals surface area contributed by atoms with Crippen LogP contribution >= 0.6 is 0 Å². The molecule has 1 amide bonds. The molecule has 0 unspecified atom stereocenters. The summed E-state index contributed by atoms with van der Waals surface area (Å²) in [4.78, 5) is 12.0. The summed E-state index contributed by atoms with van der Waals surface area (Å²) in [5.41, 5.74) is 1.68. The maximum atomic E-state index is 12.0. The van der Waals surface area contributed by atoms with E-state index >= 15 is 0 Å². The summed E-state index contributed by atoms with van der Waals surface area (Å²) in [5.74, 6) is -0.0210. The number of methoxy groups -OCH3 is 1. The highest BCUT2D eigenvalue weighted by Crippen LogP contribution is 2.14. The number of nitrogens with one attached hydrogen (secondary N) is 1. The molecular formula is C14H21NO2. The van der Waals surface area contributed by atoms with E-state index in [9.17, 15) is 4.79 Å². The number of rotatable bonds is 5. The third kappa shape index (κ3) is 4.19. The van der Waals surface area contributed by atoms with Gasteiger partial charge in [0.15, 0.2) is 0 Å². The predicted octanol–water partition coefficient (Wildman–Crippen LogP) is 2.40. The third-order valence-electron chi connectivity index (χ3n) is 2.65. The van der Waals surface area contributed by atoms with Gasteiger partial charge in [0.1, 0.15) is 0 Å². The first-order chi connectivity index (χ1) is 7.96. The number of carbonyl (C=O) groups is 1. The van der Waals surface area contributed by atoms with Crippen LogP contribution in [0.5, 0.6) is 0 Å². The first-order valence-corrected chi connectivity index (χ1v) is 5.79. The first-order valence-electron chi connectivity index (χ1n) is 5.79. The number of hydrogen-bond acceptors (Lipinski definition) is 2. The van der Waals surface area contributed by atoms with E-state index in [1.807, 2.05) is 31.2 Å². The zero-order chi connectivity index (χ0) is 12.9. The van der Waals surface area contributed by atoms with Gasteiger partial charge in [-0.2, -0.15) is 0 Å². The monoisotopic (exact) mass is 235 g/mol. The van der Waals surface area contributed by atoms with E-state index in [0.717, 1.165) is 11.1 Å². The lowest BCUT2D eigenvalue weighted by Gasteiger charge is -2.23. The van der Waals surface area contributed by atoms with Crippen LogP contribution in [0.1, 0.15) is 29.8 Å². The molecule has 0 saturated carbocycles. The molecule has 0 radical (unpaired) electrons. The van der Waals surface area contributed by atoms with E-state index in [2.05, 4.69) is 19.2 Å². The molecule has 3 nitrogen and oxygen atoms in total. The van der Waals surface area contributed by atoms with Crippen molar-refractivity contribution in [2.45, 2.75) is 20.8 Å². The molecule has 1 rings (SSSR count). The lowest BCUT2D eigenvalue weighted by atomic mass is 9.94. The van der Waals surface area contributed by atoms with E-state index in [4.69, 9.17) is 4.74 Å². The SMILES string of the molecule is COCC(C)(C)CNC(=O)c1ccccc1C. The summed E-state index contributed by atoms with van der Waals surface area (Å²) in [6.45, 7) is 7.30. The molecule has 0 bridgehead atoms. The van der Waals surface area contributed by atoms with E-state index < -0.39 is 0 Å². The molecule has 94 valence electrons. The third-order valence-corrected chi connectivity index (χ3v) is 2.65. The van der Waals surface area contributed by atoms with Gasteiger partial charge in [-0.25, -0.2) is 0 Å². The van der Waals surface area contributed by atoms with Gasteiger partial charge in [-0.15, -0.1) is 0 Å². The molecule has 0 aromatic heterocycles. The van der Waals surface area contributed by atoms with E-state index in [1.54, 1.807) is 7.11 Å². The van der Waals surface area contributed by atoms with Gasteiger partial charge in [-0.05, 0) is 18.6 Å². The van der Waals surface area contributed by atoms with Gasteiger partial charge < -0.3 is 10.1 Å². The number of hydrogen-bond donors (Lipinski definition) is 1. The van der Waals surface area contributed by atoms with Crippen molar-refractivity contribution in [1.82, 2.24) is 5.32 Å². The summed E-state index contributed by atoms with van der Waals surface area (Å²) in [6, 6.07) is 7.59. The smallest absolute Gasteiger partial charge is 0.251 e. The molecule has 0 aliphatic rings. The first kappa shape index (κ1) is 13.7. The van der Waals surface area contributed by atoms with Crippen molar-refractivity contribution < 1.29 is 9.53 Å². The number of aryl methyl sites for hydroxylation is 1. The fourth-order valence-electron chi connectivity index (χ4n) is 1.68. The van der Waals surface area contributed by atoms with Crippen LogP contribution in [0.4, 0.5) is 0 Å². The highest BCUT2D eigenvalue weighted by molar-refractivity contribution is 5.95. The summed E-state index contributed by atoms with van der Waals surface area (Å²) >= 11 is 0. The lowest BCUT2D eigenvalue weighted by molar-refractivity contribution is 0.0846. The number of ether oxygens (including phenoxy) is 1. The van der Waals surface area contributed by atoms with Crippen LogP contribution in [0, 0.1) is 12.3 Å². The van der Waals surface area contributed by atoms with E-state index in [-0.39, 0.29) is 11.3 Å². The van der Waals surface area contributed by atoms with Gasteiger partial charge in [-0.1, -0.05) is 32.0 Å². The normalized spacial score (nSPS) is 11.3. The van der Waals surface area contributed by atoms with Gasteiger partial charge >= 0.3 is 0 Å². The number of benzene rings is 1. The zero-order valence-electron chi connectivity index (χ0n) is 11.0. The minimum atomic E-state index is -0.0485. The second-order valence-corrected chi connectivity index (χ2v) is 5.09. The van der Waals surface area contributed by atoms with Crippen LogP contribution in [0.2, 0.25) is 0 Å². The van der Waals surface area contributed by atoms with Crippen molar-refractivity contribution in [3.8, 4) is 0 Å². The fourth-order valence-corrected chi connectivity index (χ4v) is 1.68. The van der Waals surface area contributed by atoms with Crippen molar-refractivity contribution >= 4 is 5.91 Å². The van der Waals surface area contributed by atoms with E-state index in [1.165, 1.54) is 0 Å². The van der Waals surface area contributed by atoms with Crippen LogP contribution in [0.15, 0.2) is 24.3 Å². The molecule has 0 saturated heterocycles. The van der Waals surface area contributed by atoms with Crippen molar-refractivity contribution in [2.75, 3.05) is 20.3 Å². The summed E-state index contributed by atoms with van der Waals surface area (Å²) < 4.78 is 5.12. The molecule has 1 aromatic rings. The van der Waals surface area contributed by atoms with Gasteiger partial charge in [0.2, 0.25) is 0 Å². The Kier molecular flexibility index (Phi) is 4.70. The van der Waals surface area contributed by atoms with Gasteiger partial charge in [-0.3, -0.25) is 4.79 Å². The van der Waals surface area contributed by atoms with Crippen LogP contribution in [0.3, 0.4) is 0 Å². The lowest BCUT2D eigenvalue weighted by Crippen LogP contribution is -2.36.